The van der Waals surface area contributed by atoms with Crippen molar-refractivity contribution in [2.45, 2.75) is 20.4 Å². The molecule has 5 aromatic rings. The van der Waals surface area contributed by atoms with Crippen LogP contribution >= 0.6 is 0 Å². The molecule has 2 aromatic carbocycles. The predicted molar refractivity (Wildman–Crippen MR) is 154 cm³/mol. The van der Waals surface area contributed by atoms with E-state index in [-0.39, 0.29) is 24.3 Å². The van der Waals surface area contributed by atoms with E-state index >= 15 is 4.39 Å². The fourth-order valence-electron chi connectivity index (χ4n) is 4.80. The Labute approximate surface area is 235 Å². The van der Waals surface area contributed by atoms with Crippen LogP contribution < -0.4 is 15.8 Å². The van der Waals surface area contributed by atoms with Crippen molar-refractivity contribution in [1.29, 1.82) is 5.26 Å². The van der Waals surface area contributed by atoms with Gasteiger partial charge in [-0.1, -0.05) is 18.7 Å². The summed E-state index contributed by atoms with van der Waals surface area (Å²) >= 11 is 0. The Balaban J connectivity index is 1.68. The van der Waals surface area contributed by atoms with E-state index in [0.717, 1.165) is 22.9 Å². The summed E-state index contributed by atoms with van der Waals surface area (Å²) in [5.74, 6) is -0.0803. The third kappa shape index (κ3) is 5.08. The molecule has 3 heterocycles. The molecule has 0 saturated carbocycles. The maximum absolute atomic E-state index is 15.8. The zero-order valence-electron chi connectivity index (χ0n) is 22.7. The van der Waals surface area contributed by atoms with Crippen LogP contribution in [-0.2, 0) is 18.4 Å². The van der Waals surface area contributed by atoms with E-state index in [1.807, 2.05) is 26.0 Å². The third-order valence-electron chi connectivity index (χ3n) is 6.74. The van der Waals surface area contributed by atoms with Crippen LogP contribution in [0.5, 0.6) is 11.8 Å². The molecule has 41 heavy (non-hydrogen) atoms. The van der Waals surface area contributed by atoms with Crippen LogP contribution in [0.1, 0.15) is 22.4 Å². The topological polar surface area (TPSA) is 132 Å². The number of benzene rings is 2. The zero-order valence-corrected chi connectivity index (χ0v) is 22.7. The van der Waals surface area contributed by atoms with Crippen LogP contribution in [-0.4, -0.2) is 25.4 Å². The van der Waals surface area contributed by atoms with Gasteiger partial charge in [0.05, 0.1) is 22.2 Å². The second kappa shape index (κ2) is 10.9. The summed E-state index contributed by atoms with van der Waals surface area (Å²) in [6.45, 7) is 7.31. The maximum atomic E-state index is 15.8. The number of nitrogens with zero attached hydrogens (tertiary/aromatic N) is 5. The molecule has 0 bridgehead atoms. The normalized spacial score (nSPS) is 10.8. The molecule has 204 valence electrons. The highest BCUT2D eigenvalue weighted by Crippen LogP contribution is 2.45. The molecule has 10 heteroatoms. The number of hydrogen-bond acceptors (Lipinski definition) is 7. The van der Waals surface area contributed by atoms with E-state index in [9.17, 15) is 10.1 Å². The molecule has 0 aliphatic rings. The van der Waals surface area contributed by atoms with Gasteiger partial charge in [0.1, 0.15) is 23.5 Å². The predicted octanol–water partition coefficient (Wildman–Crippen LogP) is 5.50. The van der Waals surface area contributed by atoms with Gasteiger partial charge in [0.15, 0.2) is 0 Å². The van der Waals surface area contributed by atoms with Crippen molar-refractivity contribution in [3.05, 3.63) is 95.7 Å². The van der Waals surface area contributed by atoms with Crippen LogP contribution in [0.3, 0.4) is 0 Å². The molecule has 3 aromatic heterocycles. The first-order chi connectivity index (χ1) is 19.7. The summed E-state index contributed by atoms with van der Waals surface area (Å²) in [6, 6.07) is 14.5. The molecule has 9 nitrogen and oxygen atoms in total. The van der Waals surface area contributed by atoms with Crippen molar-refractivity contribution in [2.75, 3.05) is 5.73 Å². The average molecular weight is 548 g/mol. The van der Waals surface area contributed by atoms with Crippen LogP contribution in [0.25, 0.3) is 33.3 Å². The van der Waals surface area contributed by atoms with E-state index in [0.29, 0.717) is 44.6 Å². The molecule has 0 aliphatic carbocycles. The van der Waals surface area contributed by atoms with Crippen molar-refractivity contribution in [3.63, 3.8) is 0 Å². The van der Waals surface area contributed by atoms with E-state index < -0.39 is 5.82 Å². The number of ether oxygens (including phenoxy) is 1. The van der Waals surface area contributed by atoms with Crippen molar-refractivity contribution < 1.29 is 13.9 Å². The molecular weight excluding hydrogens is 521 g/mol. The van der Waals surface area contributed by atoms with Gasteiger partial charge in [0.2, 0.25) is 5.91 Å². The summed E-state index contributed by atoms with van der Waals surface area (Å²) in [5, 5.41) is 13.0. The number of aryl methyl sites for hydroxylation is 3. The fourth-order valence-corrected chi connectivity index (χ4v) is 4.80. The van der Waals surface area contributed by atoms with Crippen LogP contribution in [0, 0.1) is 31.0 Å². The van der Waals surface area contributed by atoms with Crippen LogP contribution in [0.2, 0.25) is 0 Å². The Morgan fingerprint density at radius 3 is 2.71 bits per heavy atom. The van der Waals surface area contributed by atoms with Gasteiger partial charge < -0.3 is 20.4 Å². The molecule has 0 unspecified atom stereocenters. The first-order valence-corrected chi connectivity index (χ1v) is 12.7. The monoisotopic (exact) mass is 547 g/mol. The summed E-state index contributed by atoms with van der Waals surface area (Å²) in [5.41, 5.74) is 11.5. The van der Waals surface area contributed by atoms with Crippen molar-refractivity contribution >= 4 is 22.6 Å². The Morgan fingerprint density at radius 2 is 2.02 bits per heavy atom. The third-order valence-corrected chi connectivity index (χ3v) is 6.74. The Morgan fingerprint density at radius 1 is 1.22 bits per heavy atom. The summed E-state index contributed by atoms with van der Waals surface area (Å²) in [4.78, 5) is 24.3. The molecule has 0 saturated heterocycles. The van der Waals surface area contributed by atoms with Crippen LogP contribution in [0.4, 0.5) is 10.2 Å². The van der Waals surface area contributed by atoms with Gasteiger partial charge in [0.25, 0.3) is 0 Å². The van der Waals surface area contributed by atoms with Gasteiger partial charge in [-0.3, -0.25) is 4.79 Å². The van der Waals surface area contributed by atoms with E-state index in [1.165, 1.54) is 12.3 Å². The second-order valence-electron chi connectivity index (χ2n) is 9.47. The van der Waals surface area contributed by atoms with Crippen molar-refractivity contribution in [2.24, 2.45) is 7.05 Å². The number of amides is 1. The Kier molecular flexibility index (Phi) is 7.18. The van der Waals surface area contributed by atoms with Crippen molar-refractivity contribution in [1.82, 2.24) is 24.8 Å². The highest BCUT2D eigenvalue weighted by Gasteiger charge is 2.25. The Bertz CT molecular complexity index is 1890. The van der Waals surface area contributed by atoms with Gasteiger partial charge in [0, 0.05) is 42.8 Å². The van der Waals surface area contributed by atoms with Crippen LogP contribution in [0.15, 0.2) is 67.5 Å². The quantitative estimate of drug-likeness (QED) is 0.257. The minimum atomic E-state index is -0.499. The van der Waals surface area contributed by atoms with E-state index in [1.54, 1.807) is 42.1 Å². The molecule has 0 aliphatic heterocycles. The number of fused-ring (bicyclic) bond motifs is 1. The zero-order chi connectivity index (χ0) is 29.3. The number of nitriles is 1. The molecule has 3 N–H and O–H groups in total. The Hall–Kier alpha value is -5.56. The number of rotatable bonds is 7. The van der Waals surface area contributed by atoms with Crippen molar-refractivity contribution in [3.8, 4) is 40.2 Å². The number of nitrogens with one attached hydrogen (secondary N) is 1. The maximum Gasteiger partial charge on any atom is 0.322 e. The van der Waals surface area contributed by atoms with Gasteiger partial charge in [-0.2, -0.15) is 5.26 Å². The lowest BCUT2D eigenvalue weighted by atomic mass is 9.96. The molecule has 0 atom stereocenters. The second-order valence-corrected chi connectivity index (χ2v) is 9.47. The number of carbonyl (C=O) groups excluding carboxylic acids is 1. The first-order valence-electron chi connectivity index (χ1n) is 12.7. The minimum Gasteiger partial charge on any atom is -0.424 e. The van der Waals surface area contributed by atoms with Gasteiger partial charge in [-0.25, -0.2) is 19.3 Å². The fraction of sp³-hybridized carbons (Fsp3) is 0.129. The van der Waals surface area contributed by atoms with E-state index in [4.69, 9.17) is 10.5 Å². The molecule has 1 amide bonds. The molecular formula is C31H26FN7O2. The number of anilines is 1. The van der Waals surface area contributed by atoms with Gasteiger partial charge in [-0.15, -0.1) is 0 Å². The minimum absolute atomic E-state index is 0.144. The summed E-state index contributed by atoms with van der Waals surface area (Å²) in [7, 11) is 1.76. The number of aromatic nitrogens is 4. The summed E-state index contributed by atoms with van der Waals surface area (Å²) < 4.78 is 23.4. The molecule has 5 rings (SSSR count). The smallest absolute Gasteiger partial charge is 0.322 e. The number of carbonyl (C=O) groups is 1. The standard InChI is InChI=1S/C31H26FN7O2/c1-5-25(40)36-15-19-6-8-22(23(32)13-19)29-26(27-28(39(29)4)21(14-33)16-37-30(27)34)20-7-9-24(17(2)12-20)41-31-35-11-10-18(3)38-31/h5-13,16H,1,15H2,2-4H3,(H2,34,37)(H,36,40). The SMILES string of the molecule is C=CC(=O)NCc1ccc(-c2c(-c3ccc(Oc4nccc(C)n4)c(C)c3)c3c(N)ncc(C#N)c3n2C)c(F)c1. The number of halogens is 1. The summed E-state index contributed by atoms with van der Waals surface area (Å²) in [6.07, 6.45) is 4.19. The van der Waals surface area contributed by atoms with Gasteiger partial charge >= 0.3 is 6.01 Å². The molecule has 0 radical (unpaired) electrons. The highest BCUT2D eigenvalue weighted by molar-refractivity contribution is 6.10. The number of nitrogens with two attached hydrogens (primary N) is 1. The van der Waals surface area contributed by atoms with E-state index in [2.05, 4.69) is 32.9 Å². The number of pyridine rings is 1. The highest BCUT2D eigenvalue weighted by atomic mass is 19.1. The number of nitrogen functional groups attached to an aromatic ring is 1. The lowest BCUT2D eigenvalue weighted by Crippen LogP contribution is -2.20. The number of hydrogen-bond donors (Lipinski definition) is 2. The van der Waals surface area contributed by atoms with Gasteiger partial charge in [-0.05, 0) is 66.9 Å². The average Bonchev–Trinajstić information content (AvgIpc) is 3.26. The molecule has 0 spiro atoms. The molecule has 0 fully saturated rings. The largest absolute Gasteiger partial charge is 0.424 e. The first kappa shape index (κ1) is 27.0. The lowest BCUT2D eigenvalue weighted by molar-refractivity contribution is -0.116. The lowest BCUT2D eigenvalue weighted by Gasteiger charge is -2.13.